The van der Waals surface area contributed by atoms with E-state index in [9.17, 15) is 4.79 Å². The number of carbonyl (C=O) groups excluding carboxylic acids is 1. The normalized spacial score (nSPS) is 10.6. The molecule has 2 aromatic carbocycles. The van der Waals surface area contributed by atoms with Crippen molar-refractivity contribution >= 4 is 29.1 Å². The largest absolute Gasteiger partial charge is 0.348 e. The van der Waals surface area contributed by atoms with Gasteiger partial charge in [-0.05, 0) is 36.8 Å². The number of para-hydroxylation sites is 1. The highest BCUT2D eigenvalue weighted by atomic mass is 35.5. The van der Waals surface area contributed by atoms with Gasteiger partial charge in [-0.15, -0.1) is 0 Å². The number of benzene rings is 2. The number of hydrogen-bond acceptors (Lipinski definition) is 2. The molecular weight excluding hydrogens is 345 g/mol. The number of aryl methyl sites for hydroxylation is 1. The summed E-state index contributed by atoms with van der Waals surface area (Å²) >= 11 is 12.2. The SMILES string of the molecule is Cc1nn(-c2ccccc2)c(Cl)c1C(=O)NCc1ccc(Cl)cc1. The lowest BCUT2D eigenvalue weighted by atomic mass is 10.2. The summed E-state index contributed by atoms with van der Waals surface area (Å²) in [6, 6.07) is 16.8. The standard InChI is InChI=1S/C18H15Cl2N3O/c1-12-16(17(20)23(22-12)15-5-3-2-4-6-15)18(24)21-11-13-7-9-14(19)10-8-13/h2-10H,11H2,1H3,(H,21,24). The van der Waals surface area contributed by atoms with Crippen LogP contribution in [0.15, 0.2) is 54.6 Å². The summed E-state index contributed by atoms with van der Waals surface area (Å²) in [6.45, 7) is 2.16. The van der Waals surface area contributed by atoms with Crippen LogP contribution in [0.25, 0.3) is 5.69 Å². The van der Waals surface area contributed by atoms with E-state index in [1.54, 1.807) is 23.7 Å². The number of amides is 1. The molecule has 0 saturated heterocycles. The van der Waals surface area contributed by atoms with Gasteiger partial charge in [-0.1, -0.05) is 53.5 Å². The highest BCUT2D eigenvalue weighted by molar-refractivity contribution is 6.33. The minimum Gasteiger partial charge on any atom is -0.348 e. The van der Waals surface area contributed by atoms with Crippen LogP contribution in [-0.2, 0) is 6.54 Å². The first-order valence-corrected chi connectivity index (χ1v) is 8.15. The van der Waals surface area contributed by atoms with Crippen molar-refractivity contribution in [2.45, 2.75) is 13.5 Å². The van der Waals surface area contributed by atoms with Crippen LogP contribution >= 0.6 is 23.2 Å². The van der Waals surface area contributed by atoms with E-state index in [0.717, 1.165) is 11.3 Å². The van der Waals surface area contributed by atoms with E-state index in [2.05, 4.69) is 10.4 Å². The third kappa shape index (κ3) is 3.45. The van der Waals surface area contributed by atoms with Gasteiger partial charge in [0.15, 0.2) is 0 Å². The maximum atomic E-state index is 12.5. The summed E-state index contributed by atoms with van der Waals surface area (Å²) in [7, 11) is 0. The first-order chi connectivity index (χ1) is 11.6. The van der Waals surface area contributed by atoms with Gasteiger partial charge in [0.1, 0.15) is 5.15 Å². The quantitative estimate of drug-likeness (QED) is 0.749. The molecule has 122 valence electrons. The van der Waals surface area contributed by atoms with Crippen molar-refractivity contribution in [2.75, 3.05) is 0 Å². The zero-order valence-corrected chi connectivity index (χ0v) is 14.5. The van der Waals surface area contributed by atoms with Crippen LogP contribution < -0.4 is 5.32 Å². The molecule has 3 rings (SSSR count). The third-order valence-corrected chi connectivity index (χ3v) is 4.20. The highest BCUT2D eigenvalue weighted by Gasteiger charge is 2.20. The molecule has 0 aliphatic rings. The van der Waals surface area contributed by atoms with E-state index in [-0.39, 0.29) is 5.91 Å². The van der Waals surface area contributed by atoms with Gasteiger partial charge in [0.05, 0.1) is 16.9 Å². The zero-order valence-electron chi connectivity index (χ0n) is 13.0. The zero-order chi connectivity index (χ0) is 17.1. The fraction of sp³-hybridized carbons (Fsp3) is 0.111. The Bertz CT molecular complexity index is 858. The van der Waals surface area contributed by atoms with Crippen molar-refractivity contribution in [3.05, 3.63) is 81.6 Å². The molecule has 6 heteroatoms. The maximum absolute atomic E-state index is 12.5. The number of halogens is 2. The number of nitrogens with one attached hydrogen (secondary N) is 1. The molecular formula is C18H15Cl2N3O. The fourth-order valence-electron chi connectivity index (χ4n) is 2.37. The van der Waals surface area contributed by atoms with Crippen molar-refractivity contribution in [2.24, 2.45) is 0 Å². The number of hydrogen-bond donors (Lipinski definition) is 1. The smallest absolute Gasteiger partial charge is 0.256 e. The summed E-state index contributed by atoms with van der Waals surface area (Å²) < 4.78 is 1.56. The molecule has 0 aliphatic heterocycles. The summed E-state index contributed by atoms with van der Waals surface area (Å²) in [5.74, 6) is -0.255. The first-order valence-electron chi connectivity index (χ1n) is 7.39. The molecule has 0 radical (unpaired) electrons. The molecule has 0 aliphatic carbocycles. The number of carbonyl (C=O) groups is 1. The Morgan fingerprint density at radius 1 is 1.08 bits per heavy atom. The highest BCUT2D eigenvalue weighted by Crippen LogP contribution is 2.23. The Hall–Kier alpha value is -2.30. The van der Waals surface area contributed by atoms with Crippen LogP contribution in [0.4, 0.5) is 0 Å². The summed E-state index contributed by atoms with van der Waals surface area (Å²) in [6.07, 6.45) is 0. The van der Waals surface area contributed by atoms with Crippen LogP contribution in [0.2, 0.25) is 10.2 Å². The molecule has 1 N–H and O–H groups in total. The second-order valence-corrected chi connectivity index (χ2v) is 6.10. The molecule has 1 heterocycles. The number of nitrogens with zero attached hydrogens (tertiary/aromatic N) is 2. The first kappa shape index (κ1) is 16.6. The molecule has 3 aromatic rings. The Morgan fingerprint density at radius 2 is 1.75 bits per heavy atom. The Balaban J connectivity index is 1.80. The van der Waals surface area contributed by atoms with E-state index >= 15 is 0 Å². The fourth-order valence-corrected chi connectivity index (χ4v) is 2.85. The van der Waals surface area contributed by atoms with Crippen LogP contribution in [0.1, 0.15) is 21.6 Å². The summed E-state index contributed by atoms with van der Waals surface area (Å²) in [5, 5.41) is 8.19. The Labute approximate surface area is 150 Å². The van der Waals surface area contributed by atoms with Crippen LogP contribution in [0.3, 0.4) is 0 Å². The lowest BCUT2D eigenvalue weighted by Crippen LogP contribution is -2.23. The van der Waals surface area contributed by atoms with Crippen molar-refractivity contribution in [3.8, 4) is 5.69 Å². The van der Waals surface area contributed by atoms with E-state index in [1.165, 1.54) is 0 Å². The van der Waals surface area contributed by atoms with Gasteiger partial charge in [0.2, 0.25) is 0 Å². The molecule has 0 atom stereocenters. The molecule has 4 nitrogen and oxygen atoms in total. The molecule has 0 spiro atoms. The van der Waals surface area contributed by atoms with Crippen LogP contribution in [0, 0.1) is 6.92 Å². The molecule has 1 aromatic heterocycles. The van der Waals surface area contributed by atoms with E-state index in [1.807, 2.05) is 42.5 Å². The van der Waals surface area contributed by atoms with Crippen molar-refractivity contribution in [3.63, 3.8) is 0 Å². The predicted octanol–water partition coefficient (Wildman–Crippen LogP) is 4.42. The minimum atomic E-state index is -0.255. The average Bonchev–Trinajstić information content (AvgIpc) is 2.89. The molecule has 0 fully saturated rings. The van der Waals surface area contributed by atoms with E-state index in [0.29, 0.717) is 28.0 Å². The van der Waals surface area contributed by atoms with E-state index in [4.69, 9.17) is 23.2 Å². The predicted molar refractivity (Wildman–Crippen MR) is 95.9 cm³/mol. The Morgan fingerprint density at radius 3 is 2.42 bits per heavy atom. The third-order valence-electron chi connectivity index (χ3n) is 3.60. The lowest BCUT2D eigenvalue weighted by Gasteiger charge is -2.06. The van der Waals surface area contributed by atoms with Gasteiger partial charge < -0.3 is 5.32 Å². The summed E-state index contributed by atoms with van der Waals surface area (Å²) in [5.41, 5.74) is 2.73. The van der Waals surface area contributed by atoms with Gasteiger partial charge in [0.25, 0.3) is 5.91 Å². The lowest BCUT2D eigenvalue weighted by molar-refractivity contribution is 0.0950. The monoisotopic (exact) mass is 359 g/mol. The number of aromatic nitrogens is 2. The molecule has 0 bridgehead atoms. The van der Waals surface area contributed by atoms with Gasteiger partial charge in [0, 0.05) is 11.6 Å². The van der Waals surface area contributed by atoms with Crippen LogP contribution in [-0.4, -0.2) is 15.7 Å². The summed E-state index contributed by atoms with van der Waals surface area (Å²) in [4.78, 5) is 12.5. The van der Waals surface area contributed by atoms with E-state index < -0.39 is 0 Å². The Kier molecular flexibility index (Phi) is 4.88. The van der Waals surface area contributed by atoms with Gasteiger partial charge >= 0.3 is 0 Å². The van der Waals surface area contributed by atoms with Crippen molar-refractivity contribution < 1.29 is 4.79 Å². The van der Waals surface area contributed by atoms with Gasteiger partial charge in [-0.25, -0.2) is 4.68 Å². The second kappa shape index (κ2) is 7.07. The minimum absolute atomic E-state index is 0.255. The molecule has 24 heavy (non-hydrogen) atoms. The second-order valence-electron chi connectivity index (χ2n) is 5.31. The number of rotatable bonds is 4. The van der Waals surface area contributed by atoms with Crippen molar-refractivity contribution in [1.29, 1.82) is 0 Å². The topological polar surface area (TPSA) is 46.9 Å². The van der Waals surface area contributed by atoms with Crippen LogP contribution in [0.5, 0.6) is 0 Å². The average molecular weight is 360 g/mol. The van der Waals surface area contributed by atoms with Crippen molar-refractivity contribution in [1.82, 2.24) is 15.1 Å². The molecule has 0 unspecified atom stereocenters. The molecule has 0 saturated carbocycles. The van der Waals surface area contributed by atoms with Gasteiger partial charge in [-0.3, -0.25) is 4.79 Å². The molecule has 1 amide bonds. The maximum Gasteiger partial charge on any atom is 0.256 e. The van der Waals surface area contributed by atoms with Gasteiger partial charge in [-0.2, -0.15) is 5.10 Å².